The van der Waals surface area contributed by atoms with Crippen molar-refractivity contribution in [2.24, 2.45) is 0 Å². The van der Waals surface area contributed by atoms with Crippen LogP contribution in [-0.2, 0) is 17.8 Å². The Morgan fingerprint density at radius 1 is 1.14 bits per heavy atom. The van der Waals surface area contributed by atoms with Gasteiger partial charge in [-0.25, -0.2) is 4.98 Å². The van der Waals surface area contributed by atoms with Crippen LogP contribution in [0.5, 0.6) is 0 Å². The van der Waals surface area contributed by atoms with Gasteiger partial charge < -0.3 is 5.32 Å². The Morgan fingerprint density at radius 3 is 2.77 bits per heavy atom. The first-order valence-corrected chi connectivity index (χ1v) is 7.84. The molecule has 0 bridgehead atoms. The first-order valence-electron chi connectivity index (χ1n) is 6.97. The maximum absolute atomic E-state index is 11.9. The lowest BCUT2D eigenvalue weighted by Gasteiger charge is -2.03. The zero-order valence-corrected chi connectivity index (χ0v) is 12.7. The number of rotatable bonds is 5. The number of hydrogen-bond acceptors (Lipinski definition) is 4. The fourth-order valence-electron chi connectivity index (χ4n) is 2.06. The highest BCUT2D eigenvalue weighted by molar-refractivity contribution is 7.09. The van der Waals surface area contributed by atoms with E-state index in [1.165, 1.54) is 11.3 Å². The summed E-state index contributed by atoms with van der Waals surface area (Å²) in [5, 5.41) is 5.78. The lowest BCUT2D eigenvalue weighted by molar-refractivity contribution is -0.120. The van der Waals surface area contributed by atoms with Crippen LogP contribution in [0.2, 0.25) is 0 Å². The van der Waals surface area contributed by atoms with Gasteiger partial charge in [0.1, 0.15) is 5.01 Å². The van der Waals surface area contributed by atoms with Crippen molar-refractivity contribution in [3.63, 3.8) is 0 Å². The molecule has 4 nitrogen and oxygen atoms in total. The molecule has 2 heterocycles. The average Bonchev–Trinajstić information content (AvgIpc) is 3.04. The molecule has 1 N–H and O–H groups in total. The molecule has 0 fully saturated rings. The maximum Gasteiger partial charge on any atom is 0.224 e. The molecule has 3 rings (SSSR count). The third-order valence-corrected chi connectivity index (χ3v) is 4.00. The molecule has 0 spiro atoms. The van der Waals surface area contributed by atoms with Gasteiger partial charge in [-0.3, -0.25) is 9.78 Å². The number of pyridine rings is 1. The highest BCUT2D eigenvalue weighted by Gasteiger charge is 2.07. The van der Waals surface area contributed by atoms with Gasteiger partial charge in [0.05, 0.1) is 18.7 Å². The molecule has 2 aromatic heterocycles. The molecule has 0 saturated heterocycles. The van der Waals surface area contributed by atoms with E-state index < -0.39 is 0 Å². The highest BCUT2D eigenvalue weighted by Crippen LogP contribution is 2.20. The smallest absolute Gasteiger partial charge is 0.224 e. The van der Waals surface area contributed by atoms with E-state index in [-0.39, 0.29) is 5.91 Å². The van der Waals surface area contributed by atoms with E-state index in [4.69, 9.17) is 0 Å². The normalized spacial score (nSPS) is 10.4. The minimum atomic E-state index is 0.00401. The molecule has 0 saturated carbocycles. The number of hydrogen-bond donors (Lipinski definition) is 1. The molecule has 22 heavy (non-hydrogen) atoms. The molecule has 0 aliphatic rings. The van der Waals surface area contributed by atoms with Crippen LogP contribution in [0.25, 0.3) is 11.3 Å². The van der Waals surface area contributed by atoms with Crippen LogP contribution in [0.15, 0.2) is 60.2 Å². The molecule has 0 radical (unpaired) electrons. The van der Waals surface area contributed by atoms with E-state index in [1.54, 1.807) is 12.4 Å². The Balaban J connectivity index is 1.56. The summed E-state index contributed by atoms with van der Waals surface area (Å²) in [5.41, 5.74) is 2.89. The van der Waals surface area contributed by atoms with E-state index in [0.717, 1.165) is 21.8 Å². The molecule has 0 aliphatic carbocycles. The Kier molecular flexibility index (Phi) is 4.56. The zero-order chi connectivity index (χ0) is 15.2. The Labute approximate surface area is 132 Å². The monoisotopic (exact) mass is 309 g/mol. The quantitative estimate of drug-likeness (QED) is 0.788. The summed E-state index contributed by atoms with van der Waals surface area (Å²) in [7, 11) is 0. The summed E-state index contributed by atoms with van der Waals surface area (Å²) < 4.78 is 0. The van der Waals surface area contributed by atoms with Crippen molar-refractivity contribution in [1.29, 1.82) is 0 Å². The SMILES string of the molecule is O=C(Cc1ccccc1)NCc1nc(-c2cccnc2)cs1. The summed E-state index contributed by atoms with van der Waals surface area (Å²) in [4.78, 5) is 20.5. The minimum absolute atomic E-state index is 0.00401. The predicted octanol–water partition coefficient (Wildman–Crippen LogP) is 3.06. The van der Waals surface area contributed by atoms with Crippen LogP contribution < -0.4 is 5.32 Å². The van der Waals surface area contributed by atoms with E-state index in [0.29, 0.717) is 13.0 Å². The van der Waals surface area contributed by atoms with Gasteiger partial charge in [0, 0.05) is 23.3 Å². The molecule has 0 unspecified atom stereocenters. The van der Waals surface area contributed by atoms with E-state index in [2.05, 4.69) is 15.3 Å². The topological polar surface area (TPSA) is 54.9 Å². The molecule has 5 heteroatoms. The molecule has 1 amide bonds. The van der Waals surface area contributed by atoms with Crippen LogP contribution in [0, 0.1) is 0 Å². The van der Waals surface area contributed by atoms with Crippen molar-refractivity contribution in [2.75, 3.05) is 0 Å². The number of carbonyl (C=O) groups excluding carboxylic acids is 1. The third kappa shape index (κ3) is 3.77. The number of nitrogens with one attached hydrogen (secondary N) is 1. The van der Waals surface area contributed by atoms with Crippen LogP contribution >= 0.6 is 11.3 Å². The molecular formula is C17H15N3OS. The molecule has 3 aromatic rings. The Bertz CT molecular complexity index is 741. The number of carbonyl (C=O) groups is 1. The average molecular weight is 309 g/mol. The minimum Gasteiger partial charge on any atom is -0.349 e. The second-order valence-corrected chi connectivity index (χ2v) is 5.75. The van der Waals surface area contributed by atoms with E-state index in [9.17, 15) is 4.79 Å². The summed E-state index contributed by atoms with van der Waals surface area (Å²) in [6, 6.07) is 13.6. The van der Waals surface area contributed by atoms with Gasteiger partial charge in [0.25, 0.3) is 0 Å². The Morgan fingerprint density at radius 2 is 2.00 bits per heavy atom. The molecular weight excluding hydrogens is 294 g/mol. The van der Waals surface area contributed by atoms with E-state index >= 15 is 0 Å². The maximum atomic E-state index is 11.9. The van der Waals surface area contributed by atoms with Gasteiger partial charge in [-0.1, -0.05) is 30.3 Å². The van der Waals surface area contributed by atoms with Crippen LogP contribution in [0.1, 0.15) is 10.6 Å². The lowest BCUT2D eigenvalue weighted by Crippen LogP contribution is -2.24. The van der Waals surface area contributed by atoms with Gasteiger partial charge >= 0.3 is 0 Å². The summed E-state index contributed by atoms with van der Waals surface area (Å²) >= 11 is 1.54. The second kappa shape index (κ2) is 6.95. The van der Waals surface area contributed by atoms with E-state index in [1.807, 2.05) is 47.8 Å². The van der Waals surface area contributed by atoms with Gasteiger partial charge in [0.2, 0.25) is 5.91 Å². The third-order valence-electron chi connectivity index (χ3n) is 3.15. The van der Waals surface area contributed by atoms with Crippen LogP contribution in [0.3, 0.4) is 0 Å². The number of benzene rings is 1. The molecule has 0 atom stereocenters. The van der Waals surface area contributed by atoms with Crippen molar-refractivity contribution in [1.82, 2.24) is 15.3 Å². The second-order valence-electron chi connectivity index (χ2n) is 4.81. The molecule has 1 aromatic carbocycles. The van der Waals surface area contributed by atoms with Gasteiger partial charge in [0.15, 0.2) is 0 Å². The number of nitrogens with zero attached hydrogens (tertiary/aromatic N) is 2. The van der Waals surface area contributed by atoms with Crippen molar-refractivity contribution in [3.05, 3.63) is 70.8 Å². The standard InChI is InChI=1S/C17H15N3OS/c21-16(9-13-5-2-1-3-6-13)19-11-17-20-15(12-22-17)14-7-4-8-18-10-14/h1-8,10,12H,9,11H2,(H,19,21). The lowest BCUT2D eigenvalue weighted by atomic mass is 10.1. The number of amides is 1. The summed E-state index contributed by atoms with van der Waals surface area (Å²) in [6.07, 6.45) is 3.91. The fraction of sp³-hybridized carbons (Fsp3) is 0.118. The van der Waals surface area contributed by atoms with Gasteiger partial charge in [-0.15, -0.1) is 11.3 Å². The molecule has 110 valence electrons. The Hall–Kier alpha value is -2.53. The van der Waals surface area contributed by atoms with Crippen molar-refractivity contribution < 1.29 is 4.79 Å². The largest absolute Gasteiger partial charge is 0.349 e. The van der Waals surface area contributed by atoms with Gasteiger partial charge in [-0.05, 0) is 17.7 Å². The fourth-order valence-corrected chi connectivity index (χ4v) is 2.80. The summed E-state index contributed by atoms with van der Waals surface area (Å²) in [5.74, 6) is 0.00401. The molecule has 0 aliphatic heterocycles. The van der Waals surface area contributed by atoms with Crippen LogP contribution in [-0.4, -0.2) is 15.9 Å². The van der Waals surface area contributed by atoms with Gasteiger partial charge in [-0.2, -0.15) is 0 Å². The zero-order valence-electron chi connectivity index (χ0n) is 11.9. The van der Waals surface area contributed by atoms with Crippen molar-refractivity contribution in [3.8, 4) is 11.3 Å². The van der Waals surface area contributed by atoms with Crippen molar-refractivity contribution >= 4 is 17.2 Å². The van der Waals surface area contributed by atoms with Crippen molar-refractivity contribution in [2.45, 2.75) is 13.0 Å². The first kappa shape index (κ1) is 14.4. The first-order chi connectivity index (χ1) is 10.8. The number of aromatic nitrogens is 2. The predicted molar refractivity (Wildman–Crippen MR) is 87.3 cm³/mol. The summed E-state index contributed by atoms with van der Waals surface area (Å²) in [6.45, 7) is 0.455. The van der Waals surface area contributed by atoms with Crippen LogP contribution in [0.4, 0.5) is 0 Å². The number of thiazole rings is 1. The highest BCUT2D eigenvalue weighted by atomic mass is 32.1.